The van der Waals surface area contributed by atoms with Gasteiger partial charge in [0.25, 0.3) is 0 Å². The molecule has 0 bridgehead atoms. The fourth-order valence-corrected chi connectivity index (χ4v) is 3.87. The van der Waals surface area contributed by atoms with Crippen molar-refractivity contribution >= 4 is 11.8 Å². The number of aryl methyl sites for hydroxylation is 1. The lowest BCUT2D eigenvalue weighted by Crippen LogP contribution is -2.51. The van der Waals surface area contributed by atoms with Gasteiger partial charge >= 0.3 is 0 Å². The van der Waals surface area contributed by atoms with Crippen molar-refractivity contribution in [2.75, 3.05) is 26.2 Å². The van der Waals surface area contributed by atoms with Crippen LogP contribution in [0.3, 0.4) is 0 Å². The van der Waals surface area contributed by atoms with E-state index in [9.17, 15) is 9.59 Å². The molecular formula is C20H29N3O2. The van der Waals surface area contributed by atoms with Gasteiger partial charge in [0.2, 0.25) is 11.8 Å². The first-order valence-electron chi connectivity index (χ1n) is 9.39. The summed E-state index contributed by atoms with van der Waals surface area (Å²) in [7, 11) is 0. The van der Waals surface area contributed by atoms with Crippen molar-refractivity contribution < 1.29 is 9.59 Å². The zero-order valence-corrected chi connectivity index (χ0v) is 15.1. The minimum Gasteiger partial charge on any atom is -0.339 e. The molecule has 2 N–H and O–H groups in total. The van der Waals surface area contributed by atoms with Gasteiger partial charge in [-0.1, -0.05) is 36.2 Å². The van der Waals surface area contributed by atoms with Crippen molar-refractivity contribution in [3.8, 4) is 0 Å². The van der Waals surface area contributed by atoms with Crippen LogP contribution in [-0.2, 0) is 16.0 Å². The van der Waals surface area contributed by atoms with E-state index in [1.165, 1.54) is 5.56 Å². The average Bonchev–Trinajstić information content (AvgIpc) is 3.02. The molecule has 1 aliphatic heterocycles. The van der Waals surface area contributed by atoms with Crippen molar-refractivity contribution in [2.45, 2.75) is 45.1 Å². The molecule has 1 aliphatic carbocycles. The van der Waals surface area contributed by atoms with Gasteiger partial charge in [-0.25, -0.2) is 0 Å². The summed E-state index contributed by atoms with van der Waals surface area (Å²) in [5.41, 5.74) is 8.32. The second kappa shape index (κ2) is 8.00. The van der Waals surface area contributed by atoms with Crippen molar-refractivity contribution in [2.24, 2.45) is 11.7 Å². The highest BCUT2D eigenvalue weighted by Gasteiger charge is 2.30. The largest absolute Gasteiger partial charge is 0.339 e. The van der Waals surface area contributed by atoms with Crippen LogP contribution < -0.4 is 5.73 Å². The lowest BCUT2D eigenvalue weighted by molar-refractivity contribution is -0.139. The maximum Gasteiger partial charge on any atom is 0.227 e. The second-order valence-electron chi connectivity index (χ2n) is 7.48. The molecule has 1 aromatic rings. The van der Waals surface area contributed by atoms with Crippen LogP contribution in [0, 0.1) is 12.8 Å². The Kier molecular flexibility index (Phi) is 5.74. The van der Waals surface area contributed by atoms with Crippen LogP contribution in [-0.4, -0.2) is 53.8 Å². The van der Waals surface area contributed by atoms with E-state index in [2.05, 4.69) is 0 Å². The van der Waals surface area contributed by atoms with E-state index >= 15 is 0 Å². The van der Waals surface area contributed by atoms with Gasteiger partial charge in [-0.2, -0.15) is 0 Å². The zero-order chi connectivity index (χ0) is 17.8. The highest BCUT2D eigenvalue weighted by atomic mass is 16.2. The molecule has 2 amide bonds. The molecule has 1 saturated carbocycles. The number of hydrogen-bond donors (Lipinski definition) is 1. The molecule has 0 radical (unpaired) electrons. The molecule has 5 heteroatoms. The second-order valence-corrected chi connectivity index (χ2v) is 7.48. The monoisotopic (exact) mass is 343 g/mol. The number of hydrogen-bond acceptors (Lipinski definition) is 3. The van der Waals surface area contributed by atoms with Crippen molar-refractivity contribution in [1.82, 2.24) is 9.80 Å². The summed E-state index contributed by atoms with van der Waals surface area (Å²) < 4.78 is 0. The standard InChI is InChI=1S/C20H29N3O2/c1-15-5-7-16(8-6-15)13-19(24)22-9-11-23(12-10-22)20(25)14-17-3-2-4-18(17)21/h5-8,17-18H,2-4,9-14,21H2,1H3/t17-,18+/m0/s1. The molecular weight excluding hydrogens is 314 g/mol. The van der Waals surface area contributed by atoms with Crippen molar-refractivity contribution in [1.29, 1.82) is 0 Å². The van der Waals surface area contributed by atoms with Crippen LogP contribution in [0.25, 0.3) is 0 Å². The number of nitrogens with zero attached hydrogens (tertiary/aromatic N) is 2. The highest BCUT2D eigenvalue weighted by Crippen LogP contribution is 2.27. The number of rotatable bonds is 4. The maximum absolute atomic E-state index is 12.5. The molecule has 3 rings (SSSR count). The Bertz CT molecular complexity index is 606. The fraction of sp³-hybridized carbons (Fsp3) is 0.600. The van der Waals surface area contributed by atoms with Gasteiger partial charge in [0, 0.05) is 38.6 Å². The van der Waals surface area contributed by atoms with Gasteiger partial charge in [-0.05, 0) is 31.2 Å². The summed E-state index contributed by atoms with van der Waals surface area (Å²) in [6, 6.07) is 8.27. The SMILES string of the molecule is Cc1ccc(CC(=O)N2CCN(C(=O)C[C@@H]3CCC[C@H]3N)CC2)cc1. The van der Waals surface area contributed by atoms with Gasteiger partial charge in [-0.3, -0.25) is 9.59 Å². The Morgan fingerprint density at radius 2 is 1.60 bits per heavy atom. The summed E-state index contributed by atoms with van der Waals surface area (Å²) in [6.45, 7) is 4.58. The van der Waals surface area contributed by atoms with Crippen LogP contribution in [0.4, 0.5) is 0 Å². The van der Waals surface area contributed by atoms with E-state index in [0.717, 1.165) is 24.8 Å². The predicted molar refractivity (Wildman–Crippen MR) is 98.0 cm³/mol. The molecule has 0 spiro atoms. The third-order valence-corrected chi connectivity index (χ3v) is 5.62. The zero-order valence-electron chi connectivity index (χ0n) is 15.1. The Morgan fingerprint density at radius 3 is 2.16 bits per heavy atom. The summed E-state index contributed by atoms with van der Waals surface area (Å²) in [5, 5.41) is 0. The summed E-state index contributed by atoms with van der Waals surface area (Å²) in [6.07, 6.45) is 4.26. The van der Waals surface area contributed by atoms with Crippen LogP contribution in [0.5, 0.6) is 0 Å². The molecule has 1 saturated heterocycles. The molecule has 2 atom stereocenters. The fourth-order valence-electron chi connectivity index (χ4n) is 3.87. The van der Waals surface area contributed by atoms with E-state index in [1.807, 2.05) is 41.0 Å². The molecule has 1 heterocycles. The van der Waals surface area contributed by atoms with Crippen LogP contribution >= 0.6 is 0 Å². The molecule has 0 unspecified atom stereocenters. The highest BCUT2D eigenvalue weighted by molar-refractivity contribution is 5.80. The lowest BCUT2D eigenvalue weighted by atomic mass is 9.99. The third kappa shape index (κ3) is 4.60. The molecule has 2 fully saturated rings. The Balaban J connectivity index is 1.45. The van der Waals surface area contributed by atoms with E-state index in [1.54, 1.807) is 0 Å². The summed E-state index contributed by atoms with van der Waals surface area (Å²) >= 11 is 0. The predicted octanol–water partition coefficient (Wildman–Crippen LogP) is 1.73. The van der Waals surface area contributed by atoms with Crippen LogP contribution in [0.1, 0.15) is 36.8 Å². The number of carbonyl (C=O) groups excluding carboxylic acids is 2. The van der Waals surface area contributed by atoms with E-state index in [4.69, 9.17) is 5.73 Å². The molecule has 2 aliphatic rings. The third-order valence-electron chi connectivity index (χ3n) is 5.62. The lowest BCUT2D eigenvalue weighted by Gasteiger charge is -2.35. The topological polar surface area (TPSA) is 66.6 Å². The van der Waals surface area contributed by atoms with Gasteiger partial charge in [0.15, 0.2) is 0 Å². The summed E-state index contributed by atoms with van der Waals surface area (Å²) in [5.74, 6) is 0.690. The van der Waals surface area contributed by atoms with Gasteiger partial charge < -0.3 is 15.5 Å². The number of carbonyl (C=O) groups is 2. The summed E-state index contributed by atoms with van der Waals surface area (Å²) in [4.78, 5) is 28.7. The number of benzene rings is 1. The first-order chi connectivity index (χ1) is 12.0. The van der Waals surface area contributed by atoms with Gasteiger partial charge in [0.05, 0.1) is 6.42 Å². The number of piperazine rings is 1. The quantitative estimate of drug-likeness (QED) is 0.905. The van der Waals surface area contributed by atoms with E-state index in [0.29, 0.717) is 44.9 Å². The van der Waals surface area contributed by atoms with Crippen molar-refractivity contribution in [3.05, 3.63) is 35.4 Å². The molecule has 1 aromatic carbocycles. The first-order valence-corrected chi connectivity index (χ1v) is 9.39. The Hall–Kier alpha value is -1.88. The normalized spacial score (nSPS) is 23.8. The Morgan fingerprint density at radius 1 is 1.00 bits per heavy atom. The number of nitrogens with two attached hydrogens (primary N) is 1. The molecule has 0 aromatic heterocycles. The smallest absolute Gasteiger partial charge is 0.227 e. The first kappa shape index (κ1) is 17.9. The van der Waals surface area contributed by atoms with E-state index in [-0.39, 0.29) is 17.9 Å². The van der Waals surface area contributed by atoms with E-state index < -0.39 is 0 Å². The average molecular weight is 343 g/mol. The number of amides is 2. The maximum atomic E-state index is 12.5. The van der Waals surface area contributed by atoms with Crippen LogP contribution in [0.2, 0.25) is 0 Å². The molecule has 136 valence electrons. The van der Waals surface area contributed by atoms with Gasteiger partial charge in [-0.15, -0.1) is 0 Å². The van der Waals surface area contributed by atoms with Crippen LogP contribution in [0.15, 0.2) is 24.3 Å². The minimum absolute atomic E-state index is 0.147. The minimum atomic E-state index is 0.147. The molecule has 5 nitrogen and oxygen atoms in total. The van der Waals surface area contributed by atoms with Gasteiger partial charge in [0.1, 0.15) is 0 Å². The van der Waals surface area contributed by atoms with Crippen molar-refractivity contribution in [3.63, 3.8) is 0 Å². The molecule has 25 heavy (non-hydrogen) atoms. The Labute approximate surface area is 150 Å².